The summed E-state index contributed by atoms with van der Waals surface area (Å²) in [5.41, 5.74) is 0.881. The van der Waals surface area contributed by atoms with Gasteiger partial charge in [-0.25, -0.2) is 9.18 Å². The number of methoxy groups -OCH3 is 1. The second-order valence-electron chi connectivity index (χ2n) is 8.77. The van der Waals surface area contributed by atoms with E-state index in [-0.39, 0.29) is 49.1 Å². The maximum Gasteiger partial charge on any atom is 0.414 e. The Hall–Kier alpha value is -3.61. The molecular formula is C25H25FN4O6S. The van der Waals surface area contributed by atoms with Gasteiger partial charge in [-0.05, 0) is 35.7 Å². The Labute approximate surface area is 215 Å². The van der Waals surface area contributed by atoms with Crippen LogP contribution in [-0.4, -0.2) is 66.4 Å². The van der Waals surface area contributed by atoms with Crippen molar-refractivity contribution in [3.8, 4) is 5.75 Å². The lowest BCUT2D eigenvalue weighted by Crippen LogP contribution is -2.38. The number of nitrogens with zero attached hydrogens (tertiary/aromatic N) is 2. The van der Waals surface area contributed by atoms with Crippen molar-refractivity contribution in [1.82, 2.24) is 9.88 Å². The zero-order valence-corrected chi connectivity index (χ0v) is 20.7. The quantitative estimate of drug-likeness (QED) is 0.407. The lowest BCUT2D eigenvalue weighted by atomic mass is 10.2. The Kier molecular flexibility index (Phi) is 7.04. The molecule has 0 bridgehead atoms. The first-order chi connectivity index (χ1) is 17.8. The number of hydrogen-bond acceptors (Lipinski definition) is 8. The Bertz CT molecular complexity index is 1430. The van der Waals surface area contributed by atoms with Crippen LogP contribution in [0.4, 0.5) is 20.6 Å². The van der Waals surface area contributed by atoms with Crippen LogP contribution in [0.5, 0.6) is 5.75 Å². The molecule has 10 nitrogen and oxygen atoms in total. The fourth-order valence-corrected chi connectivity index (χ4v) is 5.20. The molecule has 0 unspecified atom stereocenters. The Morgan fingerprint density at radius 1 is 1.24 bits per heavy atom. The van der Waals surface area contributed by atoms with Crippen molar-refractivity contribution in [3.05, 3.63) is 58.6 Å². The molecule has 1 aromatic heterocycles. The molecule has 0 aliphatic carbocycles. The maximum absolute atomic E-state index is 14.7. The first-order valence-electron chi connectivity index (χ1n) is 11.6. The zero-order valence-electron chi connectivity index (χ0n) is 19.9. The number of fused-ring (bicyclic) bond motifs is 2. The van der Waals surface area contributed by atoms with Crippen LogP contribution >= 0.6 is 11.8 Å². The Morgan fingerprint density at radius 2 is 2.05 bits per heavy atom. The van der Waals surface area contributed by atoms with Crippen molar-refractivity contribution in [3.63, 3.8) is 0 Å². The number of amides is 2. The van der Waals surface area contributed by atoms with Crippen molar-refractivity contribution < 1.29 is 28.6 Å². The van der Waals surface area contributed by atoms with Gasteiger partial charge in [0.05, 0.1) is 48.9 Å². The SMILES string of the molecule is COc1ccc2ccc(=O)n(C[C@@H](O)CNC[C@@H]3CN(c4cc5c(cc4F)SCC(=O)N5)C(=O)O3)c2c1. The molecule has 3 heterocycles. The molecule has 2 aliphatic rings. The summed E-state index contributed by atoms with van der Waals surface area (Å²) >= 11 is 1.23. The minimum atomic E-state index is -0.901. The van der Waals surface area contributed by atoms with E-state index >= 15 is 0 Å². The number of nitrogens with one attached hydrogen (secondary N) is 2. The molecule has 2 aliphatic heterocycles. The third-order valence-corrected chi connectivity index (χ3v) is 7.25. The minimum absolute atomic E-state index is 0.0276. The fraction of sp³-hybridized carbons (Fsp3) is 0.320. The zero-order chi connectivity index (χ0) is 26.1. The van der Waals surface area contributed by atoms with Crippen LogP contribution in [0.25, 0.3) is 10.9 Å². The number of rotatable bonds is 8. The van der Waals surface area contributed by atoms with Crippen LogP contribution in [0.1, 0.15) is 0 Å². The lowest BCUT2D eigenvalue weighted by Gasteiger charge is -2.20. The van der Waals surface area contributed by atoms with E-state index in [1.807, 2.05) is 6.07 Å². The number of aliphatic hydroxyl groups is 1. The van der Waals surface area contributed by atoms with Crippen molar-refractivity contribution in [1.29, 1.82) is 0 Å². The van der Waals surface area contributed by atoms with E-state index in [0.29, 0.717) is 21.8 Å². The molecule has 1 saturated heterocycles. The first kappa shape index (κ1) is 25.1. The summed E-state index contributed by atoms with van der Waals surface area (Å²) in [6.07, 6.45) is -2.18. The summed E-state index contributed by atoms with van der Waals surface area (Å²) in [6, 6.07) is 11.3. The molecule has 12 heteroatoms. The highest BCUT2D eigenvalue weighted by atomic mass is 32.2. The second-order valence-corrected chi connectivity index (χ2v) is 9.79. The number of aliphatic hydroxyl groups excluding tert-OH is 1. The van der Waals surface area contributed by atoms with Crippen LogP contribution in [-0.2, 0) is 16.1 Å². The molecule has 3 aromatic rings. The number of halogens is 1. The maximum atomic E-state index is 14.7. The van der Waals surface area contributed by atoms with Gasteiger partial charge < -0.3 is 29.8 Å². The molecule has 1 fully saturated rings. The molecule has 0 radical (unpaired) electrons. The molecule has 194 valence electrons. The van der Waals surface area contributed by atoms with Gasteiger partial charge in [0, 0.05) is 30.1 Å². The minimum Gasteiger partial charge on any atom is -0.497 e. The molecular weight excluding hydrogens is 503 g/mol. The highest BCUT2D eigenvalue weighted by Crippen LogP contribution is 2.37. The van der Waals surface area contributed by atoms with Crippen molar-refractivity contribution in [2.24, 2.45) is 0 Å². The standard InChI is InChI=1S/C25H25FN4O6S/c1-35-16-4-2-14-3-5-24(33)29(20(14)6-16)11-15(31)9-27-10-17-12-30(25(34)36-17)21-8-19-22(7-18(21)26)37-13-23(32)28-19/h2-8,15,17,27,31H,9-13H2,1H3,(H,28,32)/t15-,17+/m0/s1. The van der Waals surface area contributed by atoms with Gasteiger partial charge in [-0.3, -0.25) is 14.5 Å². The Balaban J connectivity index is 1.19. The van der Waals surface area contributed by atoms with E-state index in [2.05, 4.69) is 10.6 Å². The number of ether oxygens (including phenoxy) is 2. The fourth-order valence-electron chi connectivity index (χ4n) is 4.39. The first-order valence-corrected chi connectivity index (χ1v) is 12.6. The molecule has 5 rings (SSSR count). The van der Waals surface area contributed by atoms with Crippen LogP contribution in [0.2, 0.25) is 0 Å². The highest BCUT2D eigenvalue weighted by Gasteiger charge is 2.34. The molecule has 0 saturated carbocycles. The Morgan fingerprint density at radius 3 is 2.86 bits per heavy atom. The van der Waals surface area contributed by atoms with Crippen molar-refractivity contribution >= 4 is 46.0 Å². The molecule has 0 spiro atoms. The largest absolute Gasteiger partial charge is 0.497 e. The van der Waals surface area contributed by atoms with E-state index in [0.717, 1.165) is 5.39 Å². The normalized spacial score (nSPS) is 17.9. The number of thioether (sulfide) groups is 1. The highest BCUT2D eigenvalue weighted by molar-refractivity contribution is 8.00. The third-order valence-electron chi connectivity index (χ3n) is 6.19. The van der Waals surface area contributed by atoms with E-state index in [9.17, 15) is 23.9 Å². The van der Waals surface area contributed by atoms with Gasteiger partial charge in [0.25, 0.3) is 5.56 Å². The number of aromatic nitrogens is 1. The van der Waals surface area contributed by atoms with Gasteiger partial charge in [0.2, 0.25) is 5.91 Å². The number of hydrogen-bond donors (Lipinski definition) is 3. The summed E-state index contributed by atoms with van der Waals surface area (Å²) in [6.45, 7) is 0.506. The van der Waals surface area contributed by atoms with Crippen LogP contribution in [0.3, 0.4) is 0 Å². The molecule has 2 amide bonds. The average Bonchev–Trinajstić information content (AvgIpc) is 3.25. The molecule has 2 atom stereocenters. The van der Waals surface area contributed by atoms with Gasteiger partial charge in [0.1, 0.15) is 17.7 Å². The van der Waals surface area contributed by atoms with E-state index in [4.69, 9.17) is 9.47 Å². The van der Waals surface area contributed by atoms with Gasteiger partial charge in [-0.15, -0.1) is 11.8 Å². The number of carbonyl (C=O) groups excluding carboxylic acids is 2. The van der Waals surface area contributed by atoms with Gasteiger partial charge in [-0.2, -0.15) is 0 Å². The molecule has 3 N–H and O–H groups in total. The number of anilines is 2. The van der Waals surface area contributed by atoms with E-state index < -0.39 is 24.1 Å². The lowest BCUT2D eigenvalue weighted by molar-refractivity contribution is -0.113. The average molecular weight is 529 g/mol. The predicted molar refractivity (Wildman–Crippen MR) is 137 cm³/mol. The van der Waals surface area contributed by atoms with Crippen LogP contribution in [0, 0.1) is 5.82 Å². The summed E-state index contributed by atoms with van der Waals surface area (Å²) in [5, 5.41) is 17.2. The molecule has 37 heavy (non-hydrogen) atoms. The third kappa shape index (κ3) is 5.26. The summed E-state index contributed by atoms with van der Waals surface area (Å²) < 4.78 is 26.8. The number of cyclic esters (lactones) is 1. The van der Waals surface area contributed by atoms with Gasteiger partial charge >= 0.3 is 6.09 Å². The van der Waals surface area contributed by atoms with E-state index in [1.54, 1.807) is 25.3 Å². The smallest absolute Gasteiger partial charge is 0.414 e. The van der Waals surface area contributed by atoms with Crippen LogP contribution < -0.4 is 25.8 Å². The predicted octanol–water partition coefficient (Wildman–Crippen LogP) is 2.17. The van der Waals surface area contributed by atoms with E-state index in [1.165, 1.54) is 39.4 Å². The number of pyridine rings is 1. The van der Waals surface area contributed by atoms with Gasteiger partial charge in [-0.1, -0.05) is 0 Å². The summed E-state index contributed by atoms with van der Waals surface area (Å²) in [7, 11) is 1.54. The van der Waals surface area contributed by atoms with Crippen LogP contribution in [0.15, 0.2) is 52.2 Å². The topological polar surface area (TPSA) is 122 Å². The molecule has 2 aromatic carbocycles. The van der Waals surface area contributed by atoms with Crippen molar-refractivity contribution in [2.45, 2.75) is 23.6 Å². The monoisotopic (exact) mass is 528 g/mol. The second kappa shape index (κ2) is 10.4. The number of carbonyl (C=O) groups is 2. The summed E-state index contributed by atoms with van der Waals surface area (Å²) in [5.74, 6) is 0.0363. The van der Waals surface area contributed by atoms with Gasteiger partial charge in [0.15, 0.2) is 0 Å². The number of benzene rings is 2. The van der Waals surface area contributed by atoms with Crippen molar-refractivity contribution in [2.75, 3.05) is 42.7 Å². The summed E-state index contributed by atoms with van der Waals surface area (Å²) in [4.78, 5) is 38.4.